The molecule has 0 aromatic rings. The van der Waals surface area contributed by atoms with Gasteiger partial charge in [-0.15, -0.1) is 0 Å². The summed E-state index contributed by atoms with van der Waals surface area (Å²) in [5.74, 6) is 0.0238. The van der Waals surface area contributed by atoms with Gasteiger partial charge in [0.15, 0.2) is 0 Å². The van der Waals surface area contributed by atoms with Gasteiger partial charge in [0.25, 0.3) is 0 Å². The third-order valence-electron chi connectivity index (χ3n) is 3.74. The number of piperidine rings is 1. The number of primary amides is 1. The number of fused-ring (bicyclic) bond motifs is 1. The van der Waals surface area contributed by atoms with Crippen LogP contribution in [0.2, 0.25) is 0 Å². The van der Waals surface area contributed by atoms with E-state index in [4.69, 9.17) is 5.73 Å². The molecular weight excluding hydrogens is 218 g/mol. The fourth-order valence-corrected chi connectivity index (χ4v) is 2.89. The van der Waals surface area contributed by atoms with Crippen molar-refractivity contribution in [2.45, 2.75) is 50.6 Å². The minimum absolute atomic E-state index is 0.256. The summed E-state index contributed by atoms with van der Waals surface area (Å²) in [7, 11) is 0. The summed E-state index contributed by atoms with van der Waals surface area (Å²) < 4.78 is 0. The van der Waals surface area contributed by atoms with Gasteiger partial charge in [0.1, 0.15) is 0 Å². The van der Waals surface area contributed by atoms with Crippen LogP contribution in [0.25, 0.3) is 0 Å². The summed E-state index contributed by atoms with van der Waals surface area (Å²) in [4.78, 5) is 24.4. The Kier molecular flexibility index (Phi) is 3.99. The smallest absolute Gasteiger partial charge is 0.224 e. The third-order valence-corrected chi connectivity index (χ3v) is 3.74. The Labute approximate surface area is 102 Å². The van der Waals surface area contributed by atoms with Crippen LogP contribution >= 0.6 is 0 Å². The van der Waals surface area contributed by atoms with E-state index in [1.807, 2.05) is 4.90 Å². The standard InChI is InChI=1S/C12H21N3O2/c13-11(16)5-3-6-14-9-8-12(17)15-7-2-1-4-10(9)15/h9-10,14H,1-8H2,(H2,13,16). The van der Waals surface area contributed by atoms with Gasteiger partial charge in [-0.25, -0.2) is 0 Å². The Morgan fingerprint density at radius 2 is 2.29 bits per heavy atom. The Hall–Kier alpha value is -1.10. The molecule has 96 valence electrons. The first-order valence-electron chi connectivity index (χ1n) is 6.49. The molecule has 0 spiro atoms. The van der Waals surface area contributed by atoms with E-state index in [9.17, 15) is 9.59 Å². The largest absolute Gasteiger partial charge is 0.370 e. The van der Waals surface area contributed by atoms with Crippen LogP contribution in [0.15, 0.2) is 0 Å². The molecule has 2 atom stereocenters. The fraction of sp³-hybridized carbons (Fsp3) is 0.833. The molecule has 2 saturated heterocycles. The molecule has 0 bridgehead atoms. The summed E-state index contributed by atoms with van der Waals surface area (Å²) in [5.41, 5.74) is 5.09. The van der Waals surface area contributed by atoms with E-state index >= 15 is 0 Å². The van der Waals surface area contributed by atoms with Crippen LogP contribution in [-0.4, -0.2) is 41.9 Å². The number of nitrogens with one attached hydrogen (secondary N) is 1. The quantitative estimate of drug-likeness (QED) is 0.663. The molecule has 2 rings (SSSR count). The van der Waals surface area contributed by atoms with Crippen molar-refractivity contribution in [3.63, 3.8) is 0 Å². The van der Waals surface area contributed by atoms with Gasteiger partial charge >= 0.3 is 0 Å². The molecule has 2 aliphatic heterocycles. The van der Waals surface area contributed by atoms with Crippen molar-refractivity contribution >= 4 is 11.8 Å². The lowest BCUT2D eigenvalue weighted by Crippen LogP contribution is -2.45. The molecule has 5 nitrogen and oxygen atoms in total. The highest BCUT2D eigenvalue weighted by Crippen LogP contribution is 2.28. The zero-order valence-electron chi connectivity index (χ0n) is 10.2. The number of rotatable bonds is 5. The van der Waals surface area contributed by atoms with Crippen LogP contribution in [0, 0.1) is 0 Å². The van der Waals surface area contributed by atoms with Crippen molar-refractivity contribution in [1.29, 1.82) is 0 Å². The Morgan fingerprint density at radius 3 is 3.06 bits per heavy atom. The predicted octanol–water partition coefficient (Wildman–Crippen LogP) is -0.00510. The number of carbonyl (C=O) groups is 2. The highest BCUT2D eigenvalue weighted by Gasteiger charge is 2.40. The molecular formula is C12H21N3O2. The van der Waals surface area contributed by atoms with Gasteiger partial charge in [0.05, 0.1) is 0 Å². The Morgan fingerprint density at radius 1 is 1.47 bits per heavy atom. The summed E-state index contributed by atoms with van der Waals surface area (Å²) in [6.45, 7) is 1.69. The van der Waals surface area contributed by atoms with Crippen LogP contribution < -0.4 is 11.1 Å². The first-order chi connectivity index (χ1) is 8.18. The van der Waals surface area contributed by atoms with Crippen molar-refractivity contribution < 1.29 is 9.59 Å². The summed E-state index contributed by atoms with van der Waals surface area (Å²) in [5, 5.41) is 3.40. The van der Waals surface area contributed by atoms with Crippen molar-refractivity contribution in [3.05, 3.63) is 0 Å². The molecule has 2 aliphatic rings. The van der Waals surface area contributed by atoms with E-state index in [2.05, 4.69) is 5.32 Å². The second kappa shape index (κ2) is 5.49. The SMILES string of the molecule is NC(=O)CCCNC1CC(=O)N2CCCCC12. The molecule has 2 amide bonds. The highest BCUT2D eigenvalue weighted by molar-refractivity contribution is 5.80. The minimum atomic E-state index is -0.256. The second-order valence-corrected chi connectivity index (χ2v) is 4.98. The second-order valence-electron chi connectivity index (χ2n) is 4.98. The molecule has 0 radical (unpaired) electrons. The zero-order chi connectivity index (χ0) is 12.3. The Balaban J connectivity index is 1.77. The maximum absolute atomic E-state index is 11.8. The Bertz CT molecular complexity index is 306. The van der Waals surface area contributed by atoms with Crippen LogP contribution in [-0.2, 0) is 9.59 Å². The maximum atomic E-state index is 11.8. The molecule has 2 unspecified atom stereocenters. The lowest BCUT2D eigenvalue weighted by Gasteiger charge is -2.32. The zero-order valence-corrected chi connectivity index (χ0v) is 10.2. The molecule has 0 aliphatic carbocycles. The average Bonchev–Trinajstić information content (AvgIpc) is 2.63. The molecule has 5 heteroatoms. The fourth-order valence-electron chi connectivity index (χ4n) is 2.89. The molecule has 2 heterocycles. The van der Waals surface area contributed by atoms with Crippen LogP contribution in [0.1, 0.15) is 38.5 Å². The van der Waals surface area contributed by atoms with E-state index in [1.54, 1.807) is 0 Å². The monoisotopic (exact) mass is 239 g/mol. The van der Waals surface area contributed by atoms with Crippen LogP contribution in [0.5, 0.6) is 0 Å². The first-order valence-corrected chi connectivity index (χ1v) is 6.49. The van der Waals surface area contributed by atoms with Gasteiger partial charge in [0, 0.05) is 31.5 Å². The average molecular weight is 239 g/mol. The van der Waals surface area contributed by atoms with Gasteiger partial charge in [0.2, 0.25) is 11.8 Å². The number of hydrogen-bond acceptors (Lipinski definition) is 3. The van der Waals surface area contributed by atoms with Gasteiger partial charge in [-0.1, -0.05) is 0 Å². The van der Waals surface area contributed by atoms with E-state index < -0.39 is 0 Å². The molecule has 0 saturated carbocycles. The topological polar surface area (TPSA) is 75.4 Å². The van der Waals surface area contributed by atoms with Crippen molar-refractivity contribution in [1.82, 2.24) is 10.2 Å². The van der Waals surface area contributed by atoms with Crippen molar-refractivity contribution in [3.8, 4) is 0 Å². The van der Waals surface area contributed by atoms with Gasteiger partial charge in [-0.05, 0) is 32.2 Å². The number of amides is 2. The van der Waals surface area contributed by atoms with Crippen molar-refractivity contribution in [2.24, 2.45) is 5.73 Å². The normalized spacial score (nSPS) is 28.2. The number of nitrogens with zero attached hydrogens (tertiary/aromatic N) is 1. The third kappa shape index (κ3) is 2.97. The van der Waals surface area contributed by atoms with Crippen LogP contribution in [0.4, 0.5) is 0 Å². The number of nitrogens with two attached hydrogens (primary N) is 1. The van der Waals surface area contributed by atoms with Crippen molar-refractivity contribution in [2.75, 3.05) is 13.1 Å². The summed E-state index contributed by atoms with van der Waals surface area (Å²) >= 11 is 0. The van der Waals surface area contributed by atoms with Crippen LogP contribution in [0.3, 0.4) is 0 Å². The molecule has 2 fully saturated rings. The summed E-state index contributed by atoms with van der Waals surface area (Å²) in [6.07, 6.45) is 5.25. The lowest BCUT2D eigenvalue weighted by atomic mass is 9.99. The van der Waals surface area contributed by atoms with E-state index in [0.717, 1.165) is 32.4 Å². The van der Waals surface area contributed by atoms with E-state index in [1.165, 1.54) is 6.42 Å². The molecule has 3 N–H and O–H groups in total. The number of hydrogen-bond donors (Lipinski definition) is 2. The van der Waals surface area contributed by atoms with Gasteiger partial charge in [-0.3, -0.25) is 9.59 Å². The van der Waals surface area contributed by atoms with E-state index in [-0.39, 0.29) is 17.9 Å². The maximum Gasteiger partial charge on any atom is 0.224 e. The highest BCUT2D eigenvalue weighted by atomic mass is 16.2. The van der Waals surface area contributed by atoms with E-state index in [0.29, 0.717) is 18.9 Å². The molecule has 0 aromatic carbocycles. The molecule has 0 aromatic heterocycles. The first kappa shape index (κ1) is 12.4. The van der Waals surface area contributed by atoms with Gasteiger partial charge in [-0.2, -0.15) is 0 Å². The summed E-state index contributed by atoms with van der Waals surface area (Å²) in [6, 6.07) is 0.653. The van der Waals surface area contributed by atoms with Gasteiger partial charge < -0.3 is 16.0 Å². The molecule has 17 heavy (non-hydrogen) atoms. The lowest BCUT2D eigenvalue weighted by molar-refractivity contribution is -0.129. The minimum Gasteiger partial charge on any atom is -0.370 e. The predicted molar refractivity (Wildman–Crippen MR) is 64.2 cm³/mol. The number of carbonyl (C=O) groups excluding carboxylic acids is 2.